The Bertz CT molecular complexity index is 513. The van der Waals surface area contributed by atoms with Crippen LogP contribution in [0.3, 0.4) is 0 Å². The molecular weight excluding hydrogens is 198 g/mol. The Morgan fingerprint density at radius 2 is 2.44 bits per heavy atom. The van der Waals surface area contributed by atoms with Crippen LogP contribution in [0.15, 0.2) is 18.3 Å². The van der Waals surface area contributed by atoms with Gasteiger partial charge in [-0.25, -0.2) is 4.98 Å². The van der Waals surface area contributed by atoms with Gasteiger partial charge in [-0.05, 0) is 24.1 Å². The molecule has 0 saturated carbocycles. The standard InChI is InChI=1S/C13H17N3/c1-2-3-10-5-7-16-12-9-14-6-4-11(12)15-13(16)8-10/h5,7-8,14H,2-4,6,9H2,1H3. The number of nitrogens with zero attached hydrogens (tertiary/aromatic N) is 2. The predicted octanol–water partition coefficient (Wildman–Crippen LogP) is 1.93. The lowest BCUT2D eigenvalue weighted by Crippen LogP contribution is -2.24. The van der Waals surface area contributed by atoms with Crippen LogP contribution in [0.1, 0.15) is 30.3 Å². The van der Waals surface area contributed by atoms with E-state index in [0.29, 0.717) is 0 Å². The molecule has 0 aliphatic carbocycles. The second kappa shape index (κ2) is 3.91. The Morgan fingerprint density at radius 1 is 1.50 bits per heavy atom. The first-order valence-corrected chi connectivity index (χ1v) is 6.08. The first-order valence-electron chi connectivity index (χ1n) is 6.08. The third-order valence-corrected chi connectivity index (χ3v) is 3.24. The number of fused-ring (bicyclic) bond motifs is 3. The van der Waals surface area contributed by atoms with Crippen LogP contribution in [0.2, 0.25) is 0 Å². The van der Waals surface area contributed by atoms with Crippen LogP contribution < -0.4 is 5.32 Å². The van der Waals surface area contributed by atoms with Gasteiger partial charge in [0.25, 0.3) is 0 Å². The average molecular weight is 215 g/mol. The van der Waals surface area contributed by atoms with Crippen molar-refractivity contribution in [2.75, 3.05) is 6.54 Å². The molecule has 2 aromatic rings. The monoisotopic (exact) mass is 215 g/mol. The highest BCUT2D eigenvalue weighted by molar-refractivity contribution is 5.46. The number of nitrogens with one attached hydrogen (secondary N) is 1. The first-order chi connectivity index (χ1) is 7.88. The van der Waals surface area contributed by atoms with Crippen LogP contribution in [-0.2, 0) is 19.4 Å². The Kier molecular flexibility index (Phi) is 2.40. The van der Waals surface area contributed by atoms with E-state index < -0.39 is 0 Å². The summed E-state index contributed by atoms with van der Waals surface area (Å²) in [6, 6.07) is 4.44. The van der Waals surface area contributed by atoms with Crippen molar-refractivity contribution in [2.45, 2.75) is 32.7 Å². The van der Waals surface area contributed by atoms with E-state index in [0.717, 1.165) is 31.6 Å². The number of rotatable bonds is 2. The summed E-state index contributed by atoms with van der Waals surface area (Å²) < 4.78 is 2.22. The molecule has 0 saturated heterocycles. The molecule has 0 radical (unpaired) electrons. The molecule has 84 valence electrons. The van der Waals surface area contributed by atoms with Crippen molar-refractivity contribution >= 4 is 5.65 Å². The van der Waals surface area contributed by atoms with Crippen molar-refractivity contribution in [1.82, 2.24) is 14.7 Å². The molecule has 1 aliphatic rings. The molecule has 0 amide bonds. The van der Waals surface area contributed by atoms with Gasteiger partial charge in [0.05, 0.1) is 11.4 Å². The number of pyridine rings is 1. The molecule has 3 heteroatoms. The topological polar surface area (TPSA) is 29.3 Å². The molecule has 0 unspecified atom stereocenters. The minimum atomic E-state index is 0.948. The van der Waals surface area contributed by atoms with Gasteiger partial charge in [0, 0.05) is 25.7 Å². The number of aryl methyl sites for hydroxylation is 1. The molecule has 3 nitrogen and oxygen atoms in total. The summed E-state index contributed by atoms with van der Waals surface area (Å²) >= 11 is 0. The highest BCUT2D eigenvalue weighted by atomic mass is 15.1. The second-order valence-corrected chi connectivity index (χ2v) is 4.45. The van der Waals surface area contributed by atoms with E-state index in [2.05, 4.69) is 35.0 Å². The minimum Gasteiger partial charge on any atom is -0.311 e. The van der Waals surface area contributed by atoms with E-state index in [4.69, 9.17) is 4.98 Å². The largest absolute Gasteiger partial charge is 0.311 e. The third-order valence-electron chi connectivity index (χ3n) is 3.24. The summed E-state index contributed by atoms with van der Waals surface area (Å²) in [6.45, 7) is 4.22. The fourth-order valence-electron chi connectivity index (χ4n) is 2.43. The Balaban J connectivity index is 2.11. The fraction of sp³-hybridized carbons (Fsp3) is 0.462. The molecule has 2 aromatic heterocycles. The van der Waals surface area contributed by atoms with Crippen molar-refractivity contribution in [1.29, 1.82) is 0 Å². The number of aromatic nitrogens is 2. The van der Waals surface area contributed by atoms with E-state index in [1.807, 2.05) is 0 Å². The van der Waals surface area contributed by atoms with Crippen molar-refractivity contribution in [3.05, 3.63) is 35.3 Å². The van der Waals surface area contributed by atoms with Crippen LogP contribution >= 0.6 is 0 Å². The molecule has 0 spiro atoms. The number of hydrogen-bond acceptors (Lipinski definition) is 2. The van der Waals surface area contributed by atoms with E-state index in [-0.39, 0.29) is 0 Å². The summed E-state index contributed by atoms with van der Waals surface area (Å²) in [4.78, 5) is 4.72. The molecule has 0 aromatic carbocycles. The van der Waals surface area contributed by atoms with E-state index >= 15 is 0 Å². The zero-order valence-electron chi connectivity index (χ0n) is 9.66. The minimum absolute atomic E-state index is 0.948. The third kappa shape index (κ3) is 1.52. The zero-order chi connectivity index (χ0) is 11.0. The summed E-state index contributed by atoms with van der Waals surface area (Å²) in [5.74, 6) is 0. The first kappa shape index (κ1) is 9.85. The smallest absolute Gasteiger partial charge is 0.137 e. The van der Waals surface area contributed by atoms with Crippen LogP contribution in [0.4, 0.5) is 0 Å². The van der Waals surface area contributed by atoms with Gasteiger partial charge in [-0.15, -0.1) is 0 Å². The molecule has 0 atom stereocenters. The lowest BCUT2D eigenvalue weighted by atomic mass is 10.1. The summed E-state index contributed by atoms with van der Waals surface area (Å²) in [7, 11) is 0. The van der Waals surface area contributed by atoms with Crippen LogP contribution in [0.5, 0.6) is 0 Å². The summed E-state index contributed by atoms with van der Waals surface area (Å²) in [6.07, 6.45) is 5.56. The molecule has 0 bridgehead atoms. The molecule has 1 N–H and O–H groups in total. The van der Waals surface area contributed by atoms with Crippen LogP contribution in [-0.4, -0.2) is 15.9 Å². The normalized spacial score (nSPS) is 15.3. The highest BCUT2D eigenvalue weighted by Crippen LogP contribution is 2.17. The van der Waals surface area contributed by atoms with Gasteiger partial charge in [-0.3, -0.25) is 0 Å². The zero-order valence-corrected chi connectivity index (χ0v) is 9.66. The van der Waals surface area contributed by atoms with Gasteiger partial charge in [-0.1, -0.05) is 13.3 Å². The molecular formula is C13H17N3. The maximum absolute atomic E-state index is 4.72. The molecule has 1 aliphatic heterocycles. The van der Waals surface area contributed by atoms with Gasteiger partial charge in [-0.2, -0.15) is 0 Å². The molecule has 16 heavy (non-hydrogen) atoms. The average Bonchev–Trinajstić information content (AvgIpc) is 2.67. The number of hydrogen-bond donors (Lipinski definition) is 1. The Hall–Kier alpha value is -1.35. The van der Waals surface area contributed by atoms with E-state index in [9.17, 15) is 0 Å². The van der Waals surface area contributed by atoms with E-state index in [1.165, 1.54) is 23.4 Å². The van der Waals surface area contributed by atoms with Gasteiger partial charge >= 0.3 is 0 Å². The molecule has 3 rings (SSSR count). The SMILES string of the molecule is CCCc1ccn2c3c(nc2c1)CCNC3. The Labute approximate surface area is 95.5 Å². The second-order valence-electron chi connectivity index (χ2n) is 4.45. The number of imidazole rings is 1. The van der Waals surface area contributed by atoms with Crippen LogP contribution in [0.25, 0.3) is 5.65 Å². The maximum Gasteiger partial charge on any atom is 0.137 e. The lowest BCUT2D eigenvalue weighted by molar-refractivity contribution is 0.621. The van der Waals surface area contributed by atoms with Crippen molar-refractivity contribution < 1.29 is 0 Å². The molecule has 3 heterocycles. The fourth-order valence-corrected chi connectivity index (χ4v) is 2.43. The summed E-state index contributed by atoms with van der Waals surface area (Å²) in [5.41, 5.74) is 5.11. The molecule has 0 fully saturated rings. The van der Waals surface area contributed by atoms with Gasteiger partial charge in [0.1, 0.15) is 5.65 Å². The van der Waals surface area contributed by atoms with Gasteiger partial charge < -0.3 is 9.72 Å². The van der Waals surface area contributed by atoms with Crippen LogP contribution in [0, 0.1) is 0 Å². The van der Waals surface area contributed by atoms with Gasteiger partial charge in [0.15, 0.2) is 0 Å². The maximum atomic E-state index is 4.72. The van der Waals surface area contributed by atoms with Crippen molar-refractivity contribution in [2.24, 2.45) is 0 Å². The van der Waals surface area contributed by atoms with Gasteiger partial charge in [0.2, 0.25) is 0 Å². The van der Waals surface area contributed by atoms with E-state index in [1.54, 1.807) is 0 Å². The predicted molar refractivity (Wildman–Crippen MR) is 64.6 cm³/mol. The summed E-state index contributed by atoms with van der Waals surface area (Å²) in [5, 5.41) is 3.40. The quantitative estimate of drug-likeness (QED) is 0.829. The highest BCUT2D eigenvalue weighted by Gasteiger charge is 2.15. The lowest BCUT2D eigenvalue weighted by Gasteiger charge is -2.11. The van der Waals surface area contributed by atoms with Crippen molar-refractivity contribution in [3.63, 3.8) is 0 Å². The van der Waals surface area contributed by atoms with Crippen molar-refractivity contribution in [3.8, 4) is 0 Å². The Morgan fingerprint density at radius 3 is 3.31 bits per heavy atom.